The Kier molecular flexibility index (Phi) is 11.9. The van der Waals surface area contributed by atoms with Gasteiger partial charge in [-0.15, -0.1) is 0 Å². The zero-order valence-corrected chi connectivity index (χ0v) is 15.1. The number of carbonyl (C=O) groups is 2. The van der Waals surface area contributed by atoms with Crippen molar-refractivity contribution >= 4 is 17.8 Å². The van der Waals surface area contributed by atoms with Gasteiger partial charge >= 0.3 is 0 Å². The molecule has 1 atom stereocenters. The topological polar surface area (TPSA) is 149 Å². The molecule has 145 valence electrons. The lowest BCUT2D eigenvalue weighted by Crippen LogP contribution is -2.46. The molecule has 26 heavy (non-hydrogen) atoms. The van der Waals surface area contributed by atoms with Crippen LogP contribution in [0.2, 0.25) is 0 Å². The molecule has 0 aromatic carbocycles. The number of nitrogens with zero attached hydrogens (tertiary/aromatic N) is 1. The van der Waals surface area contributed by atoms with E-state index in [9.17, 15) is 19.7 Å². The van der Waals surface area contributed by atoms with E-state index in [4.69, 9.17) is 5.41 Å². The van der Waals surface area contributed by atoms with E-state index in [-0.39, 0.29) is 12.5 Å². The lowest BCUT2D eigenvalue weighted by molar-refractivity contribution is -0.525. The summed E-state index contributed by atoms with van der Waals surface area (Å²) < 4.78 is 0. The Morgan fingerprint density at radius 1 is 1.35 bits per heavy atom. The maximum Gasteiger partial charge on any atom is 0.251 e. The number of amides is 2. The molecule has 0 saturated heterocycles. The van der Waals surface area contributed by atoms with Gasteiger partial charge in [0.1, 0.15) is 6.04 Å². The first-order valence-electron chi connectivity index (χ1n) is 8.21. The van der Waals surface area contributed by atoms with Crippen LogP contribution in [0.4, 0.5) is 0 Å². The molecule has 0 spiro atoms. The second kappa shape index (κ2) is 13.4. The van der Waals surface area contributed by atoms with E-state index in [1.54, 1.807) is 12.0 Å². The lowest BCUT2D eigenvalue weighted by Gasteiger charge is -2.18. The van der Waals surface area contributed by atoms with Crippen LogP contribution in [0.15, 0.2) is 24.8 Å². The molecule has 0 saturated carbocycles. The smallest absolute Gasteiger partial charge is 0.251 e. The highest BCUT2D eigenvalue weighted by atomic mass is 16.7. The zero-order chi connectivity index (χ0) is 19.9. The number of allylic oxidation sites excluding steroid dienone is 2. The summed E-state index contributed by atoms with van der Waals surface area (Å²) in [4.78, 5) is 34.2. The van der Waals surface area contributed by atoms with Crippen LogP contribution in [0.25, 0.3) is 0 Å². The van der Waals surface area contributed by atoms with E-state index in [0.29, 0.717) is 25.2 Å². The first-order valence-corrected chi connectivity index (χ1v) is 8.21. The molecule has 0 rings (SSSR count). The summed E-state index contributed by atoms with van der Waals surface area (Å²) in [6.45, 7) is 9.39. The number of nitro groups is 1. The van der Waals surface area contributed by atoms with Crippen LogP contribution in [-0.4, -0.2) is 35.4 Å². The zero-order valence-electron chi connectivity index (χ0n) is 15.1. The Morgan fingerprint density at radius 2 is 2.04 bits per heavy atom. The van der Waals surface area contributed by atoms with E-state index >= 15 is 0 Å². The van der Waals surface area contributed by atoms with E-state index in [1.807, 2.05) is 13.8 Å². The monoisotopic (exact) mass is 367 g/mol. The Labute approximate surface area is 153 Å². The maximum atomic E-state index is 12.2. The quantitative estimate of drug-likeness (QED) is 0.0649. The number of hydrogen-bond donors (Lipinski definition) is 5. The van der Waals surface area contributed by atoms with Crippen molar-refractivity contribution in [3.63, 3.8) is 0 Å². The standard InChI is InChI=1S/C16H27N6O4/c1-4-5-8-14(23)20-13(15(24)18-11-9-12(2)3)7-6-10-19-16(17)21-22(25)26/h4-5,8,11-13H,1,6-7,9-10H2,2-3H3,(H,18,24)(H,20,23)(H3,17,19,21)/b8-5+/t13-/m0/s1. The molecule has 10 nitrogen and oxygen atoms in total. The summed E-state index contributed by atoms with van der Waals surface area (Å²) in [5.74, 6) is -0.823. The van der Waals surface area contributed by atoms with Gasteiger partial charge < -0.3 is 16.0 Å². The Bertz CT molecular complexity index is 533. The molecule has 5 N–H and O–H groups in total. The summed E-state index contributed by atoms with van der Waals surface area (Å²) >= 11 is 0. The van der Waals surface area contributed by atoms with E-state index in [0.717, 1.165) is 0 Å². The van der Waals surface area contributed by atoms with E-state index in [1.165, 1.54) is 18.2 Å². The summed E-state index contributed by atoms with van der Waals surface area (Å²) in [6, 6.07) is -0.764. The number of rotatable bonds is 12. The average molecular weight is 367 g/mol. The highest BCUT2D eigenvalue weighted by molar-refractivity contribution is 5.93. The van der Waals surface area contributed by atoms with Gasteiger partial charge in [0.15, 0.2) is 5.03 Å². The van der Waals surface area contributed by atoms with Gasteiger partial charge in [0.05, 0.1) is 0 Å². The SMILES string of the molecule is C=C/C=C/C(=O)N[C@@H](CCCNC(=N)N[N+](=O)[O-])C(=O)N[CH]CC(C)C. The molecule has 0 fully saturated rings. The van der Waals surface area contributed by atoms with Crippen molar-refractivity contribution in [2.75, 3.05) is 6.54 Å². The second-order valence-electron chi connectivity index (χ2n) is 5.81. The van der Waals surface area contributed by atoms with E-state index in [2.05, 4.69) is 22.5 Å². The molecule has 0 aromatic rings. The Hall–Kier alpha value is -2.91. The van der Waals surface area contributed by atoms with Gasteiger partial charge in [-0.3, -0.25) is 15.0 Å². The normalized spacial score (nSPS) is 11.7. The Balaban J connectivity index is 4.51. The third kappa shape index (κ3) is 12.5. The minimum Gasteiger partial charge on any atom is -0.352 e. The van der Waals surface area contributed by atoms with Crippen LogP contribution < -0.4 is 21.4 Å². The number of hydrazine groups is 1. The van der Waals surface area contributed by atoms with Crippen molar-refractivity contribution < 1.29 is 14.6 Å². The number of guanidine groups is 1. The molecule has 2 amide bonds. The summed E-state index contributed by atoms with van der Waals surface area (Å²) in [7, 11) is 0. The molecule has 0 bridgehead atoms. The van der Waals surface area contributed by atoms with Gasteiger partial charge in [-0.25, -0.2) is 10.1 Å². The molecular formula is C16H27N6O4. The number of nitrogens with one attached hydrogen (secondary N) is 5. The molecule has 0 heterocycles. The minimum atomic E-state index is -0.845. The fraction of sp³-hybridized carbons (Fsp3) is 0.500. The summed E-state index contributed by atoms with van der Waals surface area (Å²) in [5.41, 5.74) is 1.67. The minimum absolute atomic E-state index is 0.234. The lowest BCUT2D eigenvalue weighted by atomic mass is 10.1. The largest absolute Gasteiger partial charge is 0.352 e. The van der Waals surface area contributed by atoms with Crippen LogP contribution >= 0.6 is 0 Å². The van der Waals surface area contributed by atoms with Gasteiger partial charge in [-0.05, 0) is 25.2 Å². The van der Waals surface area contributed by atoms with Crippen molar-refractivity contribution in [3.05, 3.63) is 41.5 Å². The molecule has 0 aliphatic heterocycles. The van der Waals surface area contributed by atoms with Crippen LogP contribution in [0.1, 0.15) is 33.1 Å². The number of hydrogen-bond acceptors (Lipinski definition) is 5. The summed E-state index contributed by atoms with van der Waals surface area (Å²) in [5, 5.41) is 24.4. The third-order valence-corrected chi connectivity index (χ3v) is 3.02. The fourth-order valence-electron chi connectivity index (χ4n) is 1.79. The van der Waals surface area contributed by atoms with E-state index < -0.39 is 22.9 Å². The van der Waals surface area contributed by atoms with Crippen LogP contribution in [0, 0.1) is 28.0 Å². The molecule has 0 aliphatic carbocycles. The molecular weight excluding hydrogens is 340 g/mol. The predicted molar refractivity (Wildman–Crippen MR) is 98.3 cm³/mol. The average Bonchev–Trinajstić information content (AvgIpc) is 2.54. The molecule has 0 aliphatic rings. The fourth-order valence-corrected chi connectivity index (χ4v) is 1.79. The van der Waals surface area contributed by atoms with Gasteiger partial charge in [0.2, 0.25) is 11.8 Å². The van der Waals surface area contributed by atoms with Crippen molar-refractivity contribution in [2.24, 2.45) is 5.92 Å². The maximum absolute atomic E-state index is 12.2. The summed E-state index contributed by atoms with van der Waals surface area (Å²) in [6.07, 6.45) is 5.58. The first-order chi connectivity index (χ1) is 12.3. The Morgan fingerprint density at radius 3 is 2.62 bits per heavy atom. The molecule has 0 unspecified atom stereocenters. The highest BCUT2D eigenvalue weighted by Crippen LogP contribution is 2.02. The van der Waals surface area contributed by atoms with Gasteiger partial charge in [0.25, 0.3) is 5.96 Å². The van der Waals surface area contributed by atoms with Crippen LogP contribution in [0.5, 0.6) is 0 Å². The second-order valence-corrected chi connectivity index (χ2v) is 5.81. The van der Waals surface area contributed by atoms with Crippen LogP contribution in [0.3, 0.4) is 0 Å². The number of carbonyl (C=O) groups excluding carboxylic acids is 2. The van der Waals surface area contributed by atoms with Crippen LogP contribution in [-0.2, 0) is 9.59 Å². The predicted octanol–water partition coefficient (Wildman–Crippen LogP) is 0.623. The van der Waals surface area contributed by atoms with Crippen molar-refractivity contribution in [1.29, 1.82) is 5.41 Å². The molecule has 0 aromatic heterocycles. The first kappa shape index (κ1) is 23.1. The van der Waals surface area contributed by atoms with Crippen molar-refractivity contribution in [2.45, 2.75) is 39.2 Å². The van der Waals surface area contributed by atoms with Crippen molar-refractivity contribution in [1.82, 2.24) is 21.4 Å². The highest BCUT2D eigenvalue weighted by Gasteiger charge is 2.19. The molecule has 1 radical (unpaired) electrons. The van der Waals surface area contributed by atoms with Gasteiger partial charge in [-0.2, -0.15) is 0 Å². The van der Waals surface area contributed by atoms with Gasteiger partial charge in [0, 0.05) is 19.2 Å². The van der Waals surface area contributed by atoms with Crippen molar-refractivity contribution in [3.8, 4) is 0 Å². The van der Waals surface area contributed by atoms with Gasteiger partial charge in [-0.1, -0.05) is 38.0 Å². The third-order valence-electron chi connectivity index (χ3n) is 3.02. The molecule has 10 heteroatoms.